The van der Waals surface area contributed by atoms with E-state index >= 15 is 0 Å². The van der Waals surface area contributed by atoms with Crippen molar-refractivity contribution < 1.29 is 23.8 Å². The fourth-order valence-corrected chi connectivity index (χ4v) is 0.748. The summed E-state index contributed by atoms with van der Waals surface area (Å²) in [4.78, 5) is 22.2. The van der Waals surface area contributed by atoms with Gasteiger partial charge in [0.25, 0.3) is 0 Å². The average molecular weight is 233 g/mol. The van der Waals surface area contributed by atoms with Crippen molar-refractivity contribution in [3.8, 4) is 0 Å². The van der Waals surface area contributed by atoms with Crippen LogP contribution in [0.1, 0.15) is 20.8 Å². The number of hydrogen-bond acceptors (Lipinski definition) is 5. The first-order valence-electron chi connectivity index (χ1n) is 4.96. The molecule has 1 N–H and O–H groups in total. The van der Waals surface area contributed by atoms with Gasteiger partial charge < -0.3 is 19.5 Å². The van der Waals surface area contributed by atoms with Gasteiger partial charge in [0.2, 0.25) is 0 Å². The van der Waals surface area contributed by atoms with Gasteiger partial charge in [-0.2, -0.15) is 0 Å². The van der Waals surface area contributed by atoms with Crippen molar-refractivity contribution in [1.82, 2.24) is 5.32 Å². The normalized spacial score (nSPS) is 10.8. The molecule has 0 heterocycles. The Morgan fingerprint density at radius 1 is 1.19 bits per heavy atom. The van der Waals surface area contributed by atoms with Crippen LogP contribution in [0.2, 0.25) is 0 Å². The second-order valence-electron chi connectivity index (χ2n) is 4.07. The lowest BCUT2D eigenvalue weighted by Gasteiger charge is -2.19. The van der Waals surface area contributed by atoms with Gasteiger partial charge in [-0.1, -0.05) is 0 Å². The number of alkyl carbamates (subject to hydrolysis) is 1. The summed E-state index contributed by atoms with van der Waals surface area (Å²) in [5.74, 6) is -0.525. The number of ether oxygens (including phenoxy) is 3. The van der Waals surface area contributed by atoms with E-state index in [0.29, 0.717) is 6.61 Å². The second-order valence-corrected chi connectivity index (χ2v) is 4.07. The zero-order chi connectivity index (χ0) is 12.6. The van der Waals surface area contributed by atoms with Gasteiger partial charge >= 0.3 is 12.1 Å². The van der Waals surface area contributed by atoms with Gasteiger partial charge in [0.1, 0.15) is 18.8 Å². The van der Waals surface area contributed by atoms with Crippen LogP contribution in [0.4, 0.5) is 4.79 Å². The molecule has 6 heteroatoms. The molecule has 16 heavy (non-hydrogen) atoms. The van der Waals surface area contributed by atoms with Gasteiger partial charge in [-0.15, -0.1) is 0 Å². The highest BCUT2D eigenvalue weighted by molar-refractivity contribution is 5.77. The standard InChI is InChI=1S/C10H19NO5/c1-10(2,3)16-9(13)11-7-8(12)15-6-5-14-4/h5-7H2,1-4H3,(H,11,13). The molecule has 0 unspecified atom stereocenters. The first-order chi connectivity index (χ1) is 7.35. The van der Waals surface area contributed by atoms with Gasteiger partial charge in [-0.25, -0.2) is 4.79 Å². The second kappa shape index (κ2) is 7.05. The number of rotatable bonds is 5. The first kappa shape index (κ1) is 14.7. The SMILES string of the molecule is COCCOC(=O)CNC(=O)OC(C)(C)C. The monoisotopic (exact) mass is 233 g/mol. The summed E-state index contributed by atoms with van der Waals surface area (Å²) in [5.41, 5.74) is -0.579. The molecule has 94 valence electrons. The maximum Gasteiger partial charge on any atom is 0.408 e. The van der Waals surface area contributed by atoms with Crippen LogP contribution in [0.15, 0.2) is 0 Å². The average Bonchev–Trinajstić information content (AvgIpc) is 2.12. The van der Waals surface area contributed by atoms with Crippen molar-refractivity contribution in [2.75, 3.05) is 26.9 Å². The Bertz CT molecular complexity index is 234. The number of methoxy groups -OCH3 is 1. The minimum atomic E-state index is -0.642. The van der Waals surface area contributed by atoms with Crippen LogP contribution in [-0.2, 0) is 19.0 Å². The maximum atomic E-state index is 11.1. The van der Waals surface area contributed by atoms with Crippen molar-refractivity contribution in [3.63, 3.8) is 0 Å². The largest absolute Gasteiger partial charge is 0.462 e. The van der Waals surface area contributed by atoms with Crippen LogP contribution >= 0.6 is 0 Å². The zero-order valence-electron chi connectivity index (χ0n) is 10.2. The lowest BCUT2D eigenvalue weighted by atomic mass is 10.2. The Balaban J connectivity index is 3.63. The third kappa shape index (κ3) is 9.26. The number of carbonyl (C=O) groups is 2. The van der Waals surface area contributed by atoms with E-state index in [1.165, 1.54) is 7.11 Å². The van der Waals surface area contributed by atoms with Crippen molar-refractivity contribution in [2.24, 2.45) is 0 Å². The summed E-state index contributed by atoms with van der Waals surface area (Å²) in [5, 5.41) is 2.29. The highest BCUT2D eigenvalue weighted by Gasteiger charge is 2.16. The molecule has 0 rings (SSSR count). The molecule has 0 fully saturated rings. The van der Waals surface area contributed by atoms with E-state index in [-0.39, 0.29) is 13.2 Å². The molecule has 0 bridgehead atoms. The quantitative estimate of drug-likeness (QED) is 0.559. The van der Waals surface area contributed by atoms with Crippen LogP contribution in [0.3, 0.4) is 0 Å². The molecule has 6 nitrogen and oxygen atoms in total. The van der Waals surface area contributed by atoms with Gasteiger partial charge in [0.15, 0.2) is 0 Å². The van der Waals surface area contributed by atoms with E-state index in [9.17, 15) is 9.59 Å². The molecule has 1 amide bonds. The van der Waals surface area contributed by atoms with E-state index < -0.39 is 17.7 Å². The van der Waals surface area contributed by atoms with Gasteiger partial charge in [-0.05, 0) is 20.8 Å². The molecule has 0 aliphatic carbocycles. The lowest BCUT2D eigenvalue weighted by Crippen LogP contribution is -2.36. The van der Waals surface area contributed by atoms with Crippen LogP contribution in [0, 0.1) is 0 Å². The Morgan fingerprint density at radius 2 is 1.81 bits per heavy atom. The minimum absolute atomic E-state index is 0.172. The summed E-state index contributed by atoms with van der Waals surface area (Å²) in [7, 11) is 1.51. The van der Waals surface area contributed by atoms with Gasteiger partial charge in [-0.3, -0.25) is 4.79 Å². The molecule has 0 aromatic rings. The van der Waals surface area contributed by atoms with Crippen molar-refractivity contribution in [1.29, 1.82) is 0 Å². The van der Waals surface area contributed by atoms with E-state index in [1.807, 2.05) is 0 Å². The smallest absolute Gasteiger partial charge is 0.408 e. The Kier molecular flexibility index (Phi) is 6.48. The predicted molar refractivity (Wildman–Crippen MR) is 57.1 cm³/mol. The lowest BCUT2D eigenvalue weighted by molar-refractivity contribution is -0.143. The predicted octanol–water partition coefficient (Wildman–Crippen LogP) is 0.701. The van der Waals surface area contributed by atoms with E-state index in [1.54, 1.807) is 20.8 Å². The fraction of sp³-hybridized carbons (Fsp3) is 0.800. The topological polar surface area (TPSA) is 73.9 Å². The zero-order valence-corrected chi connectivity index (χ0v) is 10.2. The number of carbonyl (C=O) groups excluding carboxylic acids is 2. The highest BCUT2D eigenvalue weighted by Crippen LogP contribution is 2.05. The molecule has 0 spiro atoms. The summed E-state index contributed by atoms with van der Waals surface area (Å²) in [6.45, 7) is 5.51. The number of amides is 1. The Hall–Kier alpha value is -1.30. The van der Waals surface area contributed by atoms with Crippen molar-refractivity contribution in [3.05, 3.63) is 0 Å². The van der Waals surface area contributed by atoms with Gasteiger partial charge in [0, 0.05) is 7.11 Å². The molecule has 0 saturated carbocycles. The molecular formula is C10H19NO5. The van der Waals surface area contributed by atoms with Crippen LogP contribution in [0.5, 0.6) is 0 Å². The van der Waals surface area contributed by atoms with Crippen LogP contribution in [0.25, 0.3) is 0 Å². The fourth-order valence-electron chi connectivity index (χ4n) is 0.748. The minimum Gasteiger partial charge on any atom is -0.462 e. The number of esters is 1. The van der Waals surface area contributed by atoms with Crippen molar-refractivity contribution in [2.45, 2.75) is 26.4 Å². The molecular weight excluding hydrogens is 214 g/mol. The molecule has 0 aliphatic heterocycles. The Labute approximate surface area is 95.2 Å². The first-order valence-corrected chi connectivity index (χ1v) is 4.96. The molecule has 0 atom stereocenters. The number of hydrogen-bond donors (Lipinski definition) is 1. The van der Waals surface area contributed by atoms with E-state index in [0.717, 1.165) is 0 Å². The Morgan fingerprint density at radius 3 is 2.31 bits per heavy atom. The summed E-state index contributed by atoms with van der Waals surface area (Å²) in [6.07, 6.45) is -0.642. The van der Waals surface area contributed by atoms with E-state index in [2.05, 4.69) is 5.32 Å². The maximum absolute atomic E-state index is 11.1. The van der Waals surface area contributed by atoms with Gasteiger partial charge in [0.05, 0.1) is 6.61 Å². The molecule has 0 aromatic carbocycles. The van der Waals surface area contributed by atoms with Crippen LogP contribution < -0.4 is 5.32 Å². The molecule has 0 aromatic heterocycles. The third-order valence-corrected chi connectivity index (χ3v) is 1.33. The molecule has 0 aliphatic rings. The van der Waals surface area contributed by atoms with Crippen molar-refractivity contribution >= 4 is 12.1 Å². The summed E-state index contributed by atoms with van der Waals surface area (Å²) in [6, 6.07) is 0. The van der Waals surface area contributed by atoms with E-state index in [4.69, 9.17) is 14.2 Å². The number of nitrogens with one attached hydrogen (secondary N) is 1. The highest BCUT2D eigenvalue weighted by atomic mass is 16.6. The summed E-state index contributed by atoms with van der Waals surface area (Å²) >= 11 is 0. The van der Waals surface area contributed by atoms with Crippen LogP contribution in [-0.4, -0.2) is 44.5 Å². The summed E-state index contributed by atoms with van der Waals surface area (Å²) < 4.78 is 14.4. The molecule has 0 radical (unpaired) electrons. The third-order valence-electron chi connectivity index (χ3n) is 1.33. The molecule has 0 saturated heterocycles.